The number of nitrogens with zero attached hydrogens (tertiary/aromatic N) is 2. The van der Waals surface area contributed by atoms with E-state index in [2.05, 4.69) is 10.1 Å². The second-order valence-corrected chi connectivity index (χ2v) is 5.26. The summed E-state index contributed by atoms with van der Waals surface area (Å²) in [6.45, 7) is 3.61. The molecule has 4 nitrogen and oxygen atoms in total. The van der Waals surface area contributed by atoms with Crippen molar-refractivity contribution >= 4 is 11.4 Å². The lowest BCUT2D eigenvalue weighted by Crippen LogP contribution is -2.19. The van der Waals surface area contributed by atoms with E-state index < -0.39 is 0 Å². The van der Waals surface area contributed by atoms with Gasteiger partial charge in [-0.25, -0.2) is 9.07 Å². The minimum absolute atomic E-state index is 0.155. The number of aliphatic imine (C=N–C) groups is 1. The van der Waals surface area contributed by atoms with Crippen LogP contribution in [0.2, 0.25) is 0 Å². The first-order valence-corrected chi connectivity index (χ1v) is 7.24. The van der Waals surface area contributed by atoms with E-state index in [9.17, 15) is 9.18 Å². The van der Waals surface area contributed by atoms with Gasteiger partial charge in [-0.2, -0.15) is 0 Å². The molecule has 0 bridgehead atoms. The number of rotatable bonds is 3. The third-order valence-electron chi connectivity index (χ3n) is 3.57. The molecule has 0 saturated heterocycles. The molecule has 116 valence electrons. The van der Waals surface area contributed by atoms with Crippen LogP contribution in [-0.2, 0) is 0 Å². The SMILES string of the molecule is CC(=Nc1ccc(F)cc1)c1c(C)[nH]n(-c2ccccc2)c1=O. The van der Waals surface area contributed by atoms with Crippen LogP contribution < -0.4 is 5.56 Å². The molecule has 0 fully saturated rings. The Morgan fingerprint density at radius 3 is 2.39 bits per heavy atom. The summed E-state index contributed by atoms with van der Waals surface area (Å²) in [6, 6.07) is 15.2. The van der Waals surface area contributed by atoms with Crippen LogP contribution in [0.5, 0.6) is 0 Å². The van der Waals surface area contributed by atoms with E-state index in [0.29, 0.717) is 17.0 Å². The van der Waals surface area contributed by atoms with Crippen molar-refractivity contribution in [1.29, 1.82) is 0 Å². The number of para-hydroxylation sites is 1. The first-order chi connectivity index (χ1) is 11.1. The maximum atomic E-state index is 13.0. The van der Waals surface area contributed by atoms with Crippen LogP contribution in [0, 0.1) is 12.7 Å². The first-order valence-electron chi connectivity index (χ1n) is 7.24. The molecule has 0 spiro atoms. The Morgan fingerprint density at radius 2 is 1.74 bits per heavy atom. The Balaban J connectivity index is 2.05. The minimum atomic E-state index is -0.314. The van der Waals surface area contributed by atoms with Crippen LogP contribution in [0.4, 0.5) is 10.1 Å². The Kier molecular flexibility index (Phi) is 3.93. The third kappa shape index (κ3) is 2.99. The first kappa shape index (κ1) is 15.0. The van der Waals surface area contributed by atoms with Crippen molar-refractivity contribution in [3.63, 3.8) is 0 Å². The molecule has 5 heteroatoms. The molecule has 0 aliphatic heterocycles. The van der Waals surface area contributed by atoms with Crippen molar-refractivity contribution in [1.82, 2.24) is 9.78 Å². The van der Waals surface area contributed by atoms with Gasteiger partial charge in [0.1, 0.15) is 5.82 Å². The van der Waals surface area contributed by atoms with Crippen molar-refractivity contribution in [2.75, 3.05) is 0 Å². The van der Waals surface area contributed by atoms with Crippen LogP contribution >= 0.6 is 0 Å². The molecule has 0 aliphatic carbocycles. The van der Waals surface area contributed by atoms with Crippen LogP contribution in [-0.4, -0.2) is 15.5 Å². The average Bonchev–Trinajstić information content (AvgIpc) is 2.85. The maximum absolute atomic E-state index is 13.0. The smallest absolute Gasteiger partial charge is 0.280 e. The molecule has 3 rings (SSSR count). The van der Waals surface area contributed by atoms with E-state index in [1.165, 1.54) is 16.8 Å². The molecule has 0 radical (unpaired) electrons. The molecule has 0 saturated carbocycles. The molecule has 3 aromatic rings. The van der Waals surface area contributed by atoms with Gasteiger partial charge in [-0.1, -0.05) is 18.2 Å². The van der Waals surface area contributed by atoms with Crippen LogP contribution in [0.1, 0.15) is 18.2 Å². The number of hydrogen-bond donors (Lipinski definition) is 1. The zero-order chi connectivity index (χ0) is 16.4. The van der Waals surface area contributed by atoms with Gasteiger partial charge in [0.15, 0.2) is 0 Å². The third-order valence-corrected chi connectivity index (χ3v) is 3.57. The largest absolute Gasteiger partial charge is 0.295 e. The molecule has 1 heterocycles. The Hall–Kier alpha value is -2.95. The maximum Gasteiger partial charge on any atom is 0.280 e. The number of H-pyrrole nitrogens is 1. The minimum Gasteiger partial charge on any atom is -0.295 e. The molecular weight excluding hydrogens is 293 g/mol. The van der Waals surface area contributed by atoms with E-state index in [4.69, 9.17) is 0 Å². The number of aromatic amines is 1. The molecular formula is C18H16FN3O. The van der Waals surface area contributed by atoms with Crippen LogP contribution in [0.15, 0.2) is 64.4 Å². The molecule has 0 unspecified atom stereocenters. The quantitative estimate of drug-likeness (QED) is 0.736. The van der Waals surface area contributed by atoms with Gasteiger partial charge in [0.2, 0.25) is 0 Å². The van der Waals surface area contributed by atoms with E-state index in [1.54, 1.807) is 19.1 Å². The lowest BCUT2D eigenvalue weighted by atomic mass is 10.1. The number of benzene rings is 2. The zero-order valence-corrected chi connectivity index (χ0v) is 12.9. The highest BCUT2D eigenvalue weighted by Gasteiger charge is 2.14. The van der Waals surface area contributed by atoms with Crippen molar-refractivity contribution < 1.29 is 4.39 Å². The normalized spacial score (nSPS) is 11.7. The van der Waals surface area contributed by atoms with Gasteiger partial charge in [0.05, 0.1) is 22.6 Å². The molecule has 2 aromatic carbocycles. The predicted molar refractivity (Wildman–Crippen MR) is 89.4 cm³/mol. The molecule has 1 N–H and O–H groups in total. The molecule has 0 amide bonds. The lowest BCUT2D eigenvalue weighted by Gasteiger charge is -2.00. The van der Waals surface area contributed by atoms with Gasteiger partial charge in [0, 0.05) is 5.69 Å². The van der Waals surface area contributed by atoms with Gasteiger partial charge in [0.25, 0.3) is 5.56 Å². The summed E-state index contributed by atoms with van der Waals surface area (Å²) in [7, 11) is 0. The van der Waals surface area contributed by atoms with E-state index >= 15 is 0 Å². The summed E-state index contributed by atoms with van der Waals surface area (Å²) < 4.78 is 14.5. The average molecular weight is 309 g/mol. The monoisotopic (exact) mass is 309 g/mol. The van der Waals surface area contributed by atoms with Gasteiger partial charge in [-0.15, -0.1) is 0 Å². The van der Waals surface area contributed by atoms with Gasteiger partial charge >= 0.3 is 0 Å². The Bertz CT molecular complexity index is 906. The topological polar surface area (TPSA) is 50.1 Å². The summed E-state index contributed by atoms with van der Waals surface area (Å²) in [5.74, 6) is -0.314. The second-order valence-electron chi connectivity index (χ2n) is 5.26. The van der Waals surface area contributed by atoms with Crippen molar-refractivity contribution in [2.45, 2.75) is 13.8 Å². The molecule has 0 aliphatic rings. The number of halogens is 1. The van der Waals surface area contributed by atoms with Gasteiger partial charge < -0.3 is 0 Å². The highest BCUT2D eigenvalue weighted by Crippen LogP contribution is 2.15. The summed E-state index contributed by atoms with van der Waals surface area (Å²) >= 11 is 0. The van der Waals surface area contributed by atoms with Gasteiger partial charge in [-0.05, 0) is 50.2 Å². The highest BCUT2D eigenvalue weighted by molar-refractivity contribution is 6.00. The fourth-order valence-corrected chi connectivity index (χ4v) is 2.50. The van der Waals surface area contributed by atoms with Crippen molar-refractivity contribution in [2.24, 2.45) is 4.99 Å². The molecule has 23 heavy (non-hydrogen) atoms. The zero-order valence-electron chi connectivity index (χ0n) is 12.9. The standard InChI is InChI=1S/C18H16FN3O/c1-12(20-15-10-8-14(19)9-11-15)17-13(2)21-22(18(17)23)16-6-4-3-5-7-16/h3-11,21H,1-2H3. The van der Waals surface area contributed by atoms with Gasteiger partial charge in [-0.3, -0.25) is 14.9 Å². The fraction of sp³-hybridized carbons (Fsp3) is 0.111. The Morgan fingerprint density at radius 1 is 1.09 bits per heavy atom. The summed E-state index contributed by atoms with van der Waals surface area (Å²) in [6.07, 6.45) is 0. The number of nitrogens with one attached hydrogen (secondary N) is 1. The molecule has 1 aromatic heterocycles. The lowest BCUT2D eigenvalue weighted by molar-refractivity contribution is 0.628. The van der Waals surface area contributed by atoms with E-state index in [1.807, 2.05) is 37.3 Å². The molecule has 0 atom stereocenters. The van der Waals surface area contributed by atoms with Crippen LogP contribution in [0.25, 0.3) is 5.69 Å². The number of aromatic nitrogens is 2. The fourth-order valence-electron chi connectivity index (χ4n) is 2.50. The Labute approximate surface area is 132 Å². The summed E-state index contributed by atoms with van der Waals surface area (Å²) in [4.78, 5) is 17.1. The van der Waals surface area contributed by atoms with E-state index in [-0.39, 0.29) is 11.4 Å². The van der Waals surface area contributed by atoms with Crippen LogP contribution in [0.3, 0.4) is 0 Å². The second kappa shape index (κ2) is 6.04. The van der Waals surface area contributed by atoms with E-state index in [0.717, 1.165) is 11.4 Å². The predicted octanol–water partition coefficient (Wildman–Crippen LogP) is 3.75. The van der Waals surface area contributed by atoms with Crippen molar-refractivity contribution in [3.05, 3.63) is 82.0 Å². The number of aryl methyl sites for hydroxylation is 1. The summed E-state index contributed by atoms with van der Waals surface area (Å²) in [5, 5.41) is 3.07. The highest BCUT2D eigenvalue weighted by atomic mass is 19.1. The van der Waals surface area contributed by atoms with Crippen molar-refractivity contribution in [3.8, 4) is 5.69 Å². The number of hydrogen-bond acceptors (Lipinski definition) is 2. The summed E-state index contributed by atoms with van der Waals surface area (Å²) in [5.41, 5.74) is 3.07.